The van der Waals surface area contributed by atoms with E-state index in [1.54, 1.807) is 11.8 Å². The molecule has 2 aromatic carbocycles. The van der Waals surface area contributed by atoms with E-state index in [0.29, 0.717) is 10.7 Å². The lowest BCUT2D eigenvalue weighted by Gasteiger charge is -2.01. The minimum absolute atomic E-state index is 0.618. The lowest BCUT2D eigenvalue weighted by molar-refractivity contribution is 1.46. The molecule has 0 aliphatic rings. The maximum absolute atomic E-state index is 5.97. The van der Waals surface area contributed by atoms with Crippen molar-refractivity contribution in [3.63, 3.8) is 0 Å². The molecule has 3 heteroatoms. The lowest BCUT2D eigenvalue weighted by Crippen LogP contribution is -1.85. The highest BCUT2D eigenvalue weighted by Crippen LogP contribution is 2.26. The number of nitrogen functional groups attached to an aromatic ring is 1. The van der Waals surface area contributed by atoms with Crippen molar-refractivity contribution >= 4 is 35.1 Å². The summed E-state index contributed by atoms with van der Waals surface area (Å²) >= 11 is 7.70. The fourth-order valence-corrected chi connectivity index (χ4v) is 2.49. The van der Waals surface area contributed by atoms with Crippen LogP contribution in [0.3, 0.4) is 0 Å². The molecule has 0 aliphatic carbocycles. The third-order valence-corrected chi connectivity index (χ3v) is 3.70. The third kappa shape index (κ3) is 3.83. The molecule has 0 radical (unpaired) electrons. The van der Waals surface area contributed by atoms with E-state index < -0.39 is 0 Å². The molecule has 2 rings (SSSR count). The van der Waals surface area contributed by atoms with Crippen LogP contribution in [0.15, 0.2) is 59.5 Å². The van der Waals surface area contributed by atoms with E-state index in [2.05, 4.69) is 24.3 Å². The fourth-order valence-electron chi connectivity index (χ4n) is 1.49. The van der Waals surface area contributed by atoms with Crippen LogP contribution in [0.1, 0.15) is 5.56 Å². The first-order chi connectivity index (χ1) is 8.75. The Bertz CT molecular complexity index is 537. The minimum atomic E-state index is 0.618. The minimum Gasteiger partial charge on any atom is -0.398 e. The third-order valence-electron chi connectivity index (χ3n) is 2.43. The number of benzene rings is 2. The molecule has 0 heterocycles. The number of anilines is 1. The molecule has 1 nitrogen and oxygen atoms in total. The van der Waals surface area contributed by atoms with Gasteiger partial charge in [0, 0.05) is 10.6 Å². The van der Waals surface area contributed by atoms with Crippen LogP contribution in [0.2, 0.25) is 5.02 Å². The quantitative estimate of drug-likeness (QED) is 0.645. The highest BCUT2D eigenvalue weighted by Gasteiger charge is 1.97. The SMILES string of the molecule is Nc1ccc(SCC=Cc2ccccc2)cc1Cl. The molecule has 0 saturated heterocycles. The van der Waals surface area contributed by atoms with Crippen molar-refractivity contribution in [3.8, 4) is 0 Å². The van der Waals surface area contributed by atoms with E-state index in [0.717, 1.165) is 10.6 Å². The summed E-state index contributed by atoms with van der Waals surface area (Å²) in [6.45, 7) is 0. The van der Waals surface area contributed by atoms with Crippen molar-refractivity contribution in [1.29, 1.82) is 0 Å². The Kier molecular flexibility index (Phi) is 4.73. The van der Waals surface area contributed by atoms with Gasteiger partial charge in [-0.1, -0.05) is 54.1 Å². The smallest absolute Gasteiger partial charge is 0.0646 e. The Morgan fingerprint density at radius 3 is 2.61 bits per heavy atom. The molecule has 0 amide bonds. The summed E-state index contributed by atoms with van der Waals surface area (Å²) in [5, 5.41) is 0.618. The Hall–Kier alpha value is -1.38. The van der Waals surface area contributed by atoms with Crippen LogP contribution in [0.25, 0.3) is 6.08 Å². The van der Waals surface area contributed by atoms with Gasteiger partial charge in [0.15, 0.2) is 0 Å². The Labute approximate surface area is 117 Å². The molecule has 2 aromatic rings. The first-order valence-corrected chi connectivity index (χ1v) is 7.01. The fraction of sp³-hybridized carbons (Fsp3) is 0.0667. The van der Waals surface area contributed by atoms with E-state index in [4.69, 9.17) is 17.3 Å². The van der Waals surface area contributed by atoms with Gasteiger partial charge in [-0.3, -0.25) is 0 Å². The van der Waals surface area contributed by atoms with Gasteiger partial charge in [0.2, 0.25) is 0 Å². The summed E-state index contributed by atoms with van der Waals surface area (Å²) in [5.74, 6) is 0.912. The zero-order chi connectivity index (χ0) is 12.8. The maximum Gasteiger partial charge on any atom is 0.0646 e. The standard InChI is InChI=1S/C15H14ClNS/c16-14-11-13(8-9-15(14)17)18-10-4-7-12-5-2-1-3-6-12/h1-9,11H,10,17H2. The monoisotopic (exact) mass is 275 g/mol. The molecular weight excluding hydrogens is 262 g/mol. The second kappa shape index (κ2) is 6.53. The van der Waals surface area contributed by atoms with Crippen molar-refractivity contribution in [1.82, 2.24) is 0 Å². The summed E-state index contributed by atoms with van der Waals surface area (Å²) < 4.78 is 0. The molecule has 0 bridgehead atoms. The van der Waals surface area contributed by atoms with E-state index in [-0.39, 0.29) is 0 Å². The molecule has 0 spiro atoms. The average Bonchev–Trinajstić information content (AvgIpc) is 2.40. The largest absolute Gasteiger partial charge is 0.398 e. The lowest BCUT2D eigenvalue weighted by atomic mass is 10.2. The molecule has 92 valence electrons. The predicted octanol–water partition coefficient (Wildman–Crippen LogP) is 4.73. The second-order valence-corrected chi connectivity index (χ2v) is 5.31. The summed E-state index contributed by atoms with van der Waals surface area (Å²) in [5.41, 5.74) is 7.51. The van der Waals surface area contributed by atoms with E-state index >= 15 is 0 Å². The van der Waals surface area contributed by atoms with Gasteiger partial charge in [-0.25, -0.2) is 0 Å². The molecule has 0 aromatic heterocycles. The van der Waals surface area contributed by atoms with E-state index in [1.807, 2.05) is 36.4 Å². The van der Waals surface area contributed by atoms with Crippen molar-refractivity contribution in [2.75, 3.05) is 11.5 Å². The van der Waals surface area contributed by atoms with Crippen LogP contribution < -0.4 is 5.73 Å². The van der Waals surface area contributed by atoms with Crippen LogP contribution in [-0.4, -0.2) is 5.75 Å². The molecule has 2 N–H and O–H groups in total. The summed E-state index contributed by atoms with van der Waals surface area (Å²) in [6, 6.07) is 16.0. The van der Waals surface area contributed by atoms with E-state index in [9.17, 15) is 0 Å². The number of hydrogen-bond donors (Lipinski definition) is 1. The summed E-state index contributed by atoms with van der Waals surface area (Å²) in [7, 11) is 0. The van der Waals surface area contributed by atoms with Gasteiger partial charge in [0.05, 0.1) is 10.7 Å². The Morgan fingerprint density at radius 2 is 1.89 bits per heavy atom. The first-order valence-electron chi connectivity index (χ1n) is 5.65. The number of rotatable bonds is 4. The van der Waals surface area contributed by atoms with Crippen molar-refractivity contribution < 1.29 is 0 Å². The number of halogens is 1. The second-order valence-electron chi connectivity index (χ2n) is 3.81. The number of hydrogen-bond acceptors (Lipinski definition) is 2. The van der Waals surface area contributed by atoms with Crippen molar-refractivity contribution in [3.05, 3.63) is 65.2 Å². The van der Waals surface area contributed by atoms with Crippen LogP contribution >= 0.6 is 23.4 Å². The highest BCUT2D eigenvalue weighted by molar-refractivity contribution is 7.99. The summed E-state index contributed by atoms with van der Waals surface area (Å²) in [6.07, 6.45) is 4.26. The predicted molar refractivity (Wildman–Crippen MR) is 82.1 cm³/mol. The molecule has 0 fully saturated rings. The van der Waals surface area contributed by atoms with Gasteiger partial charge in [0.25, 0.3) is 0 Å². The molecule has 0 unspecified atom stereocenters. The van der Waals surface area contributed by atoms with Gasteiger partial charge < -0.3 is 5.73 Å². The molecule has 0 saturated carbocycles. The molecule has 18 heavy (non-hydrogen) atoms. The maximum atomic E-state index is 5.97. The van der Waals surface area contributed by atoms with Crippen molar-refractivity contribution in [2.24, 2.45) is 0 Å². The zero-order valence-corrected chi connectivity index (χ0v) is 11.4. The topological polar surface area (TPSA) is 26.0 Å². The van der Waals surface area contributed by atoms with Crippen LogP contribution in [-0.2, 0) is 0 Å². The average molecular weight is 276 g/mol. The number of nitrogens with two attached hydrogens (primary N) is 1. The van der Waals surface area contributed by atoms with Crippen LogP contribution in [0, 0.1) is 0 Å². The van der Waals surface area contributed by atoms with Gasteiger partial charge in [-0.05, 0) is 23.8 Å². The normalized spacial score (nSPS) is 10.9. The van der Waals surface area contributed by atoms with Gasteiger partial charge >= 0.3 is 0 Å². The van der Waals surface area contributed by atoms with Gasteiger partial charge in [-0.2, -0.15) is 0 Å². The Balaban J connectivity index is 1.89. The van der Waals surface area contributed by atoms with E-state index in [1.165, 1.54) is 5.56 Å². The first kappa shape index (κ1) is 13.1. The Morgan fingerprint density at radius 1 is 1.11 bits per heavy atom. The van der Waals surface area contributed by atoms with Crippen LogP contribution in [0.5, 0.6) is 0 Å². The molecule has 0 aliphatic heterocycles. The van der Waals surface area contributed by atoms with Gasteiger partial charge in [-0.15, -0.1) is 11.8 Å². The highest BCUT2D eigenvalue weighted by atomic mass is 35.5. The van der Waals surface area contributed by atoms with Gasteiger partial charge in [0.1, 0.15) is 0 Å². The zero-order valence-electron chi connectivity index (χ0n) is 9.84. The molecular formula is C15H14ClNS. The molecule has 0 atom stereocenters. The van der Waals surface area contributed by atoms with Crippen molar-refractivity contribution in [2.45, 2.75) is 4.90 Å². The summed E-state index contributed by atoms with van der Waals surface area (Å²) in [4.78, 5) is 1.13. The number of thioether (sulfide) groups is 1. The van der Waals surface area contributed by atoms with Crippen LogP contribution in [0.4, 0.5) is 5.69 Å².